The van der Waals surface area contributed by atoms with Crippen molar-refractivity contribution in [3.63, 3.8) is 0 Å². The van der Waals surface area contributed by atoms with Crippen LogP contribution in [0.15, 0.2) is 45.3 Å². The van der Waals surface area contributed by atoms with Gasteiger partial charge in [0.05, 0.1) is 25.4 Å². The van der Waals surface area contributed by atoms with Gasteiger partial charge in [0.1, 0.15) is 0 Å². The van der Waals surface area contributed by atoms with Crippen LogP contribution < -0.4 is 0 Å². The molecule has 0 saturated heterocycles. The summed E-state index contributed by atoms with van der Waals surface area (Å²) in [6.07, 6.45) is 6.31. The Morgan fingerprint density at radius 1 is 1.20 bits per heavy atom. The highest BCUT2D eigenvalue weighted by atomic mass is 79.9. The summed E-state index contributed by atoms with van der Waals surface area (Å²) in [6, 6.07) is 12.7. The maximum absolute atomic E-state index is 12.5. The van der Waals surface area contributed by atoms with E-state index >= 15 is 0 Å². The first-order chi connectivity index (χ1) is 12.2. The highest BCUT2D eigenvalue weighted by molar-refractivity contribution is 9.11. The Bertz CT molecular complexity index is 896. The second kappa shape index (κ2) is 7.64. The van der Waals surface area contributed by atoms with E-state index in [2.05, 4.69) is 38.7 Å². The van der Waals surface area contributed by atoms with Crippen molar-refractivity contribution in [1.82, 2.24) is 9.55 Å². The van der Waals surface area contributed by atoms with Gasteiger partial charge in [-0.25, -0.2) is 4.98 Å². The van der Waals surface area contributed by atoms with Gasteiger partial charge in [-0.1, -0.05) is 43.2 Å². The molecular weight excluding hydrogens is 416 g/mol. The number of rotatable bonds is 5. The number of imidazole rings is 1. The Hall–Kier alpha value is -1.11. The first kappa shape index (κ1) is 17.3. The number of ketones is 1. The van der Waals surface area contributed by atoms with Crippen LogP contribution in [0.1, 0.15) is 47.8 Å². The van der Waals surface area contributed by atoms with Crippen LogP contribution in [0.5, 0.6) is 0 Å². The molecule has 0 bridgehead atoms. The summed E-state index contributed by atoms with van der Waals surface area (Å²) in [5.74, 6) is 0.603. The molecule has 0 amide bonds. The Morgan fingerprint density at radius 3 is 2.76 bits per heavy atom. The Labute approximate surface area is 164 Å². The molecule has 2 aromatic heterocycles. The van der Waals surface area contributed by atoms with Crippen molar-refractivity contribution < 1.29 is 4.79 Å². The average Bonchev–Trinajstić information content (AvgIpc) is 3.24. The van der Waals surface area contributed by atoms with Gasteiger partial charge in [-0.2, -0.15) is 0 Å². The van der Waals surface area contributed by atoms with E-state index in [1.54, 1.807) is 11.8 Å². The smallest absolute Gasteiger partial charge is 0.183 e. The van der Waals surface area contributed by atoms with Gasteiger partial charge in [-0.05, 0) is 53.0 Å². The van der Waals surface area contributed by atoms with Crippen molar-refractivity contribution in [2.45, 2.75) is 43.3 Å². The van der Waals surface area contributed by atoms with Crippen molar-refractivity contribution in [3.8, 4) is 0 Å². The molecule has 25 heavy (non-hydrogen) atoms. The lowest BCUT2D eigenvalue weighted by molar-refractivity contribution is 0.102. The zero-order chi connectivity index (χ0) is 17.2. The fraction of sp³-hybridized carbons (Fsp3) is 0.368. The van der Waals surface area contributed by atoms with Gasteiger partial charge < -0.3 is 4.57 Å². The predicted molar refractivity (Wildman–Crippen MR) is 109 cm³/mol. The summed E-state index contributed by atoms with van der Waals surface area (Å²) in [7, 11) is 0. The van der Waals surface area contributed by atoms with Crippen LogP contribution in [0.4, 0.5) is 0 Å². The molecule has 130 valence electrons. The quantitative estimate of drug-likeness (QED) is 0.347. The standard InChI is InChI=1S/C19H19BrN2OS2/c20-18-11-10-17(25-18)16(23)12-24-19-21-14-8-4-5-9-15(14)22(19)13-6-2-1-3-7-13/h4-5,8-11,13H,1-3,6-7,12H2. The van der Waals surface area contributed by atoms with E-state index in [0.29, 0.717) is 11.8 Å². The van der Waals surface area contributed by atoms with Gasteiger partial charge in [0.15, 0.2) is 10.9 Å². The minimum Gasteiger partial charge on any atom is -0.316 e. The number of para-hydroxylation sites is 2. The topological polar surface area (TPSA) is 34.9 Å². The van der Waals surface area contributed by atoms with Crippen molar-refractivity contribution in [1.29, 1.82) is 0 Å². The molecule has 0 aliphatic heterocycles. The maximum Gasteiger partial charge on any atom is 0.183 e. The zero-order valence-electron chi connectivity index (χ0n) is 13.8. The number of benzene rings is 1. The summed E-state index contributed by atoms with van der Waals surface area (Å²) in [5.41, 5.74) is 2.23. The second-order valence-electron chi connectivity index (χ2n) is 6.36. The van der Waals surface area contributed by atoms with Gasteiger partial charge in [-0.3, -0.25) is 4.79 Å². The molecule has 0 atom stereocenters. The molecular formula is C19H19BrN2OS2. The molecule has 6 heteroatoms. The number of aromatic nitrogens is 2. The van der Waals surface area contributed by atoms with E-state index in [1.807, 2.05) is 18.2 Å². The highest BCUT2D eigenvalue weighted by Gasteiger charge is 2.22. The lowest BCUT2D eigenvalue weighted by Crippen LogP contribution is -2.14. The predicted octanol–water partition coefficient (Wildman–Crippen LogP) is 6.34. The minimum absolute atomic E-state index is 0.169. The highest BCUT2D eigenvalue weighted by Crippen LogP contribution is 2.36. The zero-order valence-corrected chi connectivity index (χ0v) is 17.0. The normalized spacial score (nSPS) is 15.7. The maximum atomic E-state index is 12.5. The Balaban J connectivity index is 1.60. The van der Waals surface area contributed by atoms with Crippen LogP contribution in [-0.2, 0) is 0 Å². The number of hydrogen-bond donors (Lipinski definition) is 0. The summed E-state index contributed by atoms with van der Waals surface area (Å²) >= 11 is 6.49. The molecule has 0 spiro atoms. The van der Waals surface area contributed by atoms with Crippen LogP contribution in [-0.4, -0.2) is 21.1 Å². The monoisotopic (exact) mass is 434 g/mol. The van der Waals surface area contributed by atoms with E-state index in [9.17, 15) is 4.79 Å². The lowest BCUT2D eigenvalue weighted by Gasteiger charge is -2.25. The SMILES string of the molecule is O=C(CSc1nc2ccccc2n1C1CCCCC1)c1ccc(Br)s1. The van der Waals surface area contributed by atoms with E-state index < -0.39 is 0 Å². The summed E-state index contributed by atoms with van der Waals surface area (Å²) in [5, 5.41) is 0.983. The molecule has 1 aliphatic rings. The van der Waals surface area contributed by atoms with E-state index in [4.69, 9.17) is 4.98 Å². The fourth-order valence-corrected chi connectivity index (χ4v) is 5.86. The van der Waals surface area contributed by atoms with Gasteiger partial charge in [-0.15, -0.1) is 11.3 Å². The van der Waals surface area contributed by atoms with E-state index in [0.717, 1.165) is 19.3 Å². The number of fused-ring (bicyclic) bond motifs is 1. The van der Waals surface area contributed by atoms with Gasteiger partial charge in [0.2, 0.25) is 0 Å². The number of thiophene rings is 1. The van der Waals surface area contributed by atoms with Crippen LogP contribution in [0.25, 0.3) is 11.0 Å². The summed E-state index contributed by atoms with van der Waals surface area (Å²) < 4.78 is 3.38. The molecule has 3 nitrogen and oxygen atoms in total. The van der Waals surface area contributed by atoms with Crippen molar-refractivity contribution in [2.24, 2.45) is 0 Å². The lowest BCUT2D eigenvalue weighted by atomic mass is 9.95. The molecule has 1 fully saturated rings. The first-order valence-corrected chi connectivity index (χ1v) is 11.2. The number of carbonyl (C=O) groups excluding carboxylic acids is 1. The third-order valence-corrected chi connectivity index (χ3v) is 7.30. The number of nitrogens with zero attached hydrogens (tertiary/aromatic N) is 2. The van der Waals surface area contributed by atoms with Crippen molar-refractivity contribution in [3.05, 3.63) is 45.1 Å². The van der Waals surface area contributed by atoms with Crippen LogP contribution >= 0.6 is 39.0 Å². The van der Waals surface area contributed by atoms with Crippen molar-refractivity contribution >= 4 is 55.8 Å². The molecule has 0 radical (unpaired) electrons. The first-order valence-electron chi connectivity index (χ1n) is 8.60. The summed E-state index contributed by atoms with van der Waals surface area (Å²) in [4.78, 5) is 18.1. The third-order valence-electron chi connectivity index (χ3n) is 4.68. The number of carbonyl (C=O) groups is 1. The second-order valence-corrected chi connectivity index (χ2v) is 9.77. The van der Waals surface area contributed by atoms with E-state index in [1.165, 1.54) is 49.0 Å². The minimum atomic E-state index is 0.169. The number of halogens is 1. The van der Waals surface area contributed by atoms with Gasteiger partial charge in [0, 0.05) is 6.04 Å². The van der Waals surface area contributed by atoms with Crippen LogP contribution in [0.3, 0.4) is 0 Å². The molecule has 1 aliphatic carbocycles. The van der Waals surface area contributed by atoms with Crippen LogP contribution in [0, 0.1) is 0 Å². The van der Waals surface area contributed by atoms with Crippen molar-refractivity contribution in [2.75, 3.05) is 5.75 Å². The fourth-order valence-electron chi connectivity index (χ4n) is 3.48. The Kier molecular flexibility index (Phi) is 5.29. The molecule has 1 aromatic carbocycles. The molecule has 3 aromatic rings. The molecule has 2 heterocycles. The summed E-state index contributed by atoms with van der Waals surface area (Å²) in [6.45, 7) is 0. The van der Waals surface area contributed by atoms with Gasteiger partial charge >= 0.3 is 0 Å². The number of thioether (sulfide) groups is 1. The largest absolute Gasteiger partial charge is 0.316 e. The average molecular weight is 435 g/mol. The number of hydrogen-bond acceptors (Lipinski definition) is 4. The molecule has 4 rings (SSSR count). The molecule has 1 saturated carbocycles. The third kappa shape index (κ3) is 3.71. The Morgan fingerprint density at radius 2 is 2.00 bits per heavy atom. The number of Topliss-reactive ketones (excluding diaryl/α,β-unsaturated/α-hetero) is 1. The van der Waals surface area contributed by atoms with Crippen LogP contribution in [0.2, 0.25) is 0 Å². The molecule has 0 unspecified atom stereocenters. The van der Waals surface area contributed by atoms with E-state index in [-0.39, 0.29) is 5.78 Å². The molecule has 0 N–H and O–H groups in total. The van der Waals surface area contributed by atoms with Gasteiger partial charge in [0.25, 0.3) is 0 Å².